The lowest BCUT2D eigenvalue weighted by molar-refractivity contribution is 0.302. The topological polar surface area (TPSA) is 69.9 Å². The van der Waals surface area contributed by atoms with Gasteiger partial charge in [-0.15, -0.1) is 0 Å². The van der Waals surface area contributed by atoms with Crippen molar-refractivity contribution >= 4 is 15.9 Å². The van der Waals surface area contributed by atoms with E-state index in [4.69, 9.17) is 9.72 Å². The van der Waals surface area contributed by atoms with Crippen molar-refractivity contribution in [2.24, 2.45) is 0 Å². The van der Waals surface area contributed by atoms with Gasteiger partial charge >= 0.3 is 0 Å². The molecule has 4 rings (SSSR count). The lowest BCUT2D eigenvalue weighted by Crippen LogP contribution is -2.23. The molecule has 0 saturated heterocycles. The first-order valence-corrected chi connectivity index (χ1v) is 12.3. The van der Waals surface area contributed by atoms with Crippen LogP contribution in [0.25, 0.3) is 17.1 Å². The Balaban J connectivity index is 1.72. The van der Waals surface area contributed by atoms with Crippen LogP contribution in [0, 0.1) is 20.8 Å². The fourth-order valence-electron chi connectivity index (χ4n) is 3.81. The number of hydrogen-bond donors (Lipinski definition) is 0. The van der Waals surface area contributed by atoms with Gasteiger partial charge in [-0.2, -0.15) is 0 Å². The zero-order valence-electron chi connectivity index (χ0n) is 20.9. The highest BCUT2D eigenvalue weighted by Gasteiger charge is 2.19. The first-order valence-electron chi connectivity index (χ1n) is 11.5. The molecule has 0 saturated carbocycles. The molecule has 0 aliphatic heterocycles. The summed E-state index contributed by atoms with van der Waals surface area (Å²) in [6.07, 6.45) is 3.52. The second-order valence-corrected chi connectivity index (χ2v) is 10.5. The van der Waals surface area contributed by atoms with Crippen molar-refractivity contribution in [3.8, 4) is 22.8 Å². The number of aryl methyl sites for hydroxylation is 3. The average molecular weight is 533 g/mol. The summed E-state index contributed by atoms with van der Waals surface area (Å²) < 4.78 is 8.07. The monoisotopic (exact) mass is 532 g/mol. The van der Waals surface area contributed by atoms with Crippen LogP contribution >= 0.6 is 15.9 Å². The van der Waals surface area contributed by atoms with E-state index in [0.29, 0.717) is 28.2 Å². The van der Waals surface area contributed by atoms with Gasteiger partial charge in [0, 0.05) is 29.6 Å². The van der Waals surface area contributed by atoms with E-state index in [1.165, 1.54) is 5.56 Å². The number of aromatic nitrogens is 4. The summed E-state index contributed by atoms with van der Waals surface area (Å²) in [4.78, 5) is 27.2. The SMILES string of the molecule is Cc1cccc(COc2cc(C)n(-c3cc(-c4ccnc(C(C)(C)C)n4)ncc3C)c(=O)c2Br)c1. The van der Waals surface area contributed by atoms with Gasteiger partial charge in [-0.05, 0) is 60.0 Å². The first kappa shape index (κ1) is 24.8. The van der Waals surface area contributed by atoms with Gasteiger partial charge in [0.05, 0.1) is 17.1 Å². The van der Waals surface area contributed by atoms with Crippen molar-refractivity contribution in [2.45, 2.75) is 53.6 Å². The minimum atomic E-state index is -0.192. The molecule has 0 unspecified atom stereocenters. The molecule has 0 fully saturated rings. The van der Waals surface area contributed by atoms with E-state index in [9.17, 15) is 4.79 Å². The second-order valence-electron chi connectivity index (χ2n) is 9.75. The van der Waals surface area contributed by atoms with Crippen LogP contribution in [0.1, 0.15) is 49.0 Å². The van der Waals surface area contributed by atoms with Crippen LogP contribution in [0.4, 0.5) is 0 Å². The molecule has 4 aromatic rings. The Hall–Kier alpha value is -3.32. The van der Waals surface area contributed by atoms with Gasteiger partial charge in [0.1, 0.15) is 22.7 Å². The van der Waals surface area contributed by atoms with Gasteiger partial charge in [-0.1, -0.05) is 50.6 Å². The van der Waals surface area contributed by atoms with Gasteiger partial charge in [-0.25, -0.2) is 9.97 Å². The molecule has 0 atom stereocenters. The van der Waals surface area contributed by atoms with Crippen molar-refractivity contribution < 1.29 is 4.74 Å². The van der Waals surface area contributed by atoms with Gasteiger partial charge in [0.25, 0.3) is 5.56 Å². The summed E-state index contributed by atoms with van der Waals surface area (Å²) in [7, 11) is 0. The molecule has 7 heteroatoms. The minimum Gasteiger partial charge on any atom is -0.487 e. The number of benzene rings is 1. The smallest absolute Gasteiger partial charge is 0.273 e. The Labute approximate surface area is 214 Å². The summed E-state index contributed by atoms with van der Waals surface area (Å²) in [5.74, 6) is 1.26. The molecule has 3 heterocycles. The lowest BCUT2D eigenvalue weighted by atomic mass is 9.95. The molecule has 0 aliphatic rings. The third kappa shape index (κ3) is 5.35. The number of hydrogen-bond acceptors (Lipinski definition) is 5. The van der Waals surface area contributed by atoms with Crippen LogP contribution in [0.3, 0.4) is 0 Å². The van der Waals surface area contributed by atoms with E-state index in [0.717, 1.165) is 28.3 Å². The van der Waals surface area contributed by atoms with Crippen molar-refractivity contribution in [2.75, 3.05) is 0 Å². The van der Waals surface area contributed by atoms with Crippen molar-refractivity contribution in [3.05, 3.63) is 97.9 Å². The highest BCUT2D eigenvalue weighted by atomic mass is 79.9. The van der Waals surface area contributed by atoms with Crippen LogP contribution in [-0.4, -0.2) is 19.5 Å². The Bertz CT molecular complexity index is 1450. The summed E-state index contributed by atoms with van der Waals surface area (Å²) in [6, 6.07) is 13.7. The zero-order chi connectivity index (χ0) is 25.3. The molecule has 6 nitrogen and oxygen atoms in total. The quantitative estimate of drug-likeness (QED) is 0.303. The van der Waals surface area contributed by atoms with Crippen molar-refractivity contribution in [3.63, 3.8) is 0 Å². The summed E-state index contributed by atoms with van der Waals surface area (Å²) in [6.45, 7) is 12.5. The van der Waals surface area contributed by atoms with Gasteiger partial charge < -0.3 is 4.74 Å². The molecular formula is C28H29BrN4O2. The third-order valence-electron chi connectivity index (χ3n) is 5.68. The highest BCUT2D eigenvalue weighted by molar-refractivity contribution is 9.10. The molecule has 0 N–H and O–H groups in total. The molecule has 3 aromatic heterocycles. The Morgan fingerprint density at radius 1 is 1.00 bits per heavy atom. The number of rotatable bonds is 5. The van der Waals surface area contributed by atoms with Crippen LogP contribution in [-0.2, 0) is 12.0 Å². The first-order chi connectivity index (χ1) is 16.5. The third-order valence-corrected chi connectivity index (χ3v) is 6.41. The fourth-order valence-corrected chi connectivity index (χ4v) is 4.21. The number of nitrogens with zero attached hydrogens (tertiary/aromatic N) is 4. The van der Waals surface area contributed by atoms with Crippen LogP contribution in [0.5, 0.6) is 5.75 Å². The zero-order valence-corrected chi connectivity index (χ0v) is 22.5. The maximum Gasteiger partial charge on any atom is 0.273 e. The van der Waals surface area contributed by atoms with E-state index < -0.39 is 0 Å². The van der Waals surface area contributed by atoms with Crippen LogP contribution in [0.2, 0.25) is 0 Å². The Kier molecular flexibility index (Phi) is 6.90. The average Bonchev–Trinajstić information content (AvgIpc) is 2.81. The maximum absolute atomic E-state index is 13.5. The molecule has 0 radical (unpaired) electrons. The van der Waals surface area contributed by atoms with Gasteiger partial charge in [0.2, 0.25) is 0 Å². The van der Waals surface area contributed by atoms with E-state index in [-0.39, 0.29) is 11.0 Å². The van der Waals surface area contributed by atoms with Crippen molar-refractivity contribution in [1.82, 2.24) is 19.5 Å². The molecule has 0 bridgehead atoms. The standard InChI is InChI=1S/C28H29BrN4O2/c1-17-8-7-9-20(12-17)16-35-24-13-19(3)33(26(34)25(24)29)23-14-22(31-15-18(23)2)21-10-11-30-27(32-21)28(4,5)6/h7-15H,16H2,1-6H3. The number of ether oxygens (including phenoxy) is 1. The summed E-state index contributed by atoms with van der Waals surface area (Å²) in [5.41, 5.74) is 5.62. The Morgan fingerprint density at radius 2 is 1.77 bits per heavy atom. The van der Waals surface area contributed by atoms with E-state index in [1.807, 2.05) is 57.2 Å². The lowest BCUT2D eigenvalue weighted by Gasteiger charge is -2.18. The number of pyridine rings is 2. The predicted molar refractivity (Wildman–Crippen MR) is 142 cm³/mol. The van der Waals surface area contributed by atoms with Crippen LogP contribution in [0.15, 0.2) is 64.1 Å². The van der Waals surface area contributed by atoms with E-state index in [1.54, 1.807) is 17.0 Å². The van der Waals surface area contributed by atoms with E-state index >= 15 is 0 Å². The molecule has 0 amide bonds. The van der Waals surface area contributed by atoms with E-state index in [2.05, 4.69) is 52.7 Å². The minimum absolute atomic E-state index is 0.184. The fraction of sp³-hybridized carbons (Fsp3) is 0.286. The van der Waals surface area contributed by atoms with Crippen LogP contribution < -0.4 is 10.3 Å². The summed E-state index contributed by atoms with van der Waals surface area (Å²) >= 11 is 3.48. The highest BCUT2D eigenvalue weighted by Crippen LogP contribution is 2.28. The normalized spacial score (nSPS) is 11.5. The largest absolute Gasteiger partial charge is 0.487 e. The van der Waals surface area contributed by atoms with Gasteiger partial charge in [0.15, 0.2) is 0 Å². The van der Waals surface area contributed by atoms with Crippen molar-refractivity contribution in [1.29, 1.82) is 0 Å². The molecule has 180 valence electrons. The molecule has 35 heavy (non-hydrogen) atoms. The number of halogens is 1. The van der Waals surface area contributed by atoms with Gasteiger partial charge in [-0.3, -0.25) is 14.3 Å². The molecular weight excluding hydrogens is 504 g/mol. The summed E-state index contributed by atoms with van der Waals surface area (Å²) in [5, 5.41) is 0. The molecule has 1 aromatic carbocycles. The Morgan fingerprint density at radius 3 is 2.49 bits per heavy atom. The molecule has 0 spiro atoms. The second kappa shape index (κ2) is 9.74. The molecule has 0 aliphatic carbocycles. The maximum atomic E-state index is 13.5. The predicted octanol–water partition coefficient (Wildman–Crippen LogP) is 6.25.